The van der Waals surface area contributed by atoms with Crippen LogP contribution in [0.2, 0.25) is 10.6 Å². The Balaban J connectivity index is 0.000000208. The zero-order valence-electron chi connectivity index (χ0n) is 30.2. The fourth-order valence-corrected chi connectivity index (χ4v) is 5.59. The van der Waals surface area contributed by atoms with Crippen LogP contribution in [0, 0.1) is 27.7 Å². The van der Waals surface area contributed by atoms with E-state index in [2.05, 4.69) is 29.9 Å². The Morgan fingerprint density at radius 1 is 0.519 bits per heavy atom. The van der Waals surface area contributed by atoms with Crippen LogP contribution >= 0.6 is 23.2 Å². The number of nitrogens with zero attached hydrogens (tertiary/aromatic N) is 8. The molecular weight excluding hydrogens is 727 g/mol. The number of para-hydroxylation sites is 2. The molecule has 4 heterocycles. The maximum atomic E-state index is 12.9. The number of anilines is 2. The minimum atomic E-state index is -0.530. The molecule has 14 heteroatoms. The Labute approximate surface area is 323 Å². The van der Waals surface area contributed by atoms with Gasteiger partial charge in [-0.25, -0.2) is 29.5 Å². The predicted octanol–water partition coefficient (Wildman–Crippen LogP) is 8.78. The van der Waals surface area contributed by atoms with E-state index in [1.54, 1.807) is 24.5 Å². The molecule has 0 bridgehead atoms. The molecule has 276 valence electrons. The van der Waals surface area contributed by atoms with Gasteiger partial charge in [-0.2, -0.15) is 0 Å². The van der Waals surface area contributed by atoms with E-state index >= 15 is 0 Å². The minimum Gasteiger partial charge on any atom is -0.409 e. The lowest BCUT2D eigenvalue weighted by atomic mass is 10.1. The maximum Gasteiger partial charge on any atom is 0.420 e. The van der Waals surface area contributed by atoms with Gasteiger partial charge in [0.25, 0.3) is 0 Å². The first kappa shape index (κ1) is 39.2. The van der Waals surface area contributed by atoms with E-state index in [0.29, 0.717) is 49.1 Å². The summed E-state index contributed by atoms with van der Waals surface area (Å²) in [5, 5.41) is 0.130. The van der Waals surface area contributed by atoms with Crippen LogP contribution in [0.4, 0.5) is 21.2 Å². The van der Waals surface area contributed by atoms with E-state index in [0.717, 1.165) is 33.6 Å². The molecule has 2 aromatic carbocycles. The second-order valence-corrected chi connectivity index (χ2v) is 12.7. The molecule has 0 atom stereocenters. The number of hydrogen-bond acceptors (Lipinski definition) is 10. The van der Waals surface area contributed by atoms with Crippen LogP contribution in [0.1, 0.15) is 33.6 Å². The van der Waals surface area contributed by atoms with E-state index in [9.17, 15) is 9.59 Å². The predicted molar refractivity (Wildman–Crippen MR) is 209 cm³/mol. The number of rotatable bonds is 10. The van der Waals surface area contributed by atoms with Gasteiger partial charge >= 0.3 is 12.2 Å². The number of carbonyl (C=O) groups excluding carboxylic acids is 2. The number of aromatic nitrogens is 6. The molecule has 12 nitrogen and oxygen atoms in total. The van der Waals surface area contributed by atoms with Crippen LogP contribution in [0.15, 0.2) is 110 Å². The molecule has 0 aliphatic heterocycles. The molecule has 0 saturated carbocycles. The van der Waals surface area contributed by atoms with Crippen molar-refractivity contribution >= 4 is 47.0 Å². The summed E-state index contributed by atoms with van der Waals surface area (Å²) in [5.41, 5.74) is 5.26. The summed E-state index contributed by atoms with van der Waals surface area (Å²) in [6, 6.07) is 26.0. The summed E-state index contributed by atoms with van der Waals surface area (Å²) >= 11 is 11.8. The van der Waals surface area contributed by atoms with Crippen molar-refractivity contribution in [3.63, 3.8) is 0 Å². The van der Waals surface area contributed by atoms with Crippen LogP contribution in [0.3, 0.4) is 0 Å². The molecule has 0 N–H and O–H groups in total. The third-order valence-corrected chi connectivity index (χ3v) is 8.41. The quantitative estimate of drug-likeness (QED) is 0.125. The van der Waals surface area contributed by atoms with Crippen molar-refractivity contribution in [2.75, 3.05) is 22.9 Å². The molecule has 4 aromatic heterocycles. The van der Waals surface area contributed by atoms with Gasteiger partial charge in [0.1, 0.15) is 23.1 Å². The monoisotopic (exact) mass is 764 g/mol. The SMILES string of the molecule is Cc1cccc(C)c1OC(=O)N(CCc1ccccn1)c1ccnc(Cl)n1.Cc1cccc(C)c1OC(=O)N(CCc1ccccn1)c1ccnc(Cl)n1. The summed E-state index contributed by atoms with van der Waals surface area (Å²) in [4.78, 5) is 53.4. The molecule has 0 spiro atoms. The van der Waals surface area contributed by atoms with E-state index in [1.807, 2.05) is 100 Å². The van der Waals surface area contributed by atoms with Gasteiger partial charge in [0.2, 0.25) is 10.6 Å². The average molecular weight is 766 g/mol. The highest BCUT2D eigenvalue weighted by Crippen LogP contribution is 2.26. The van der Waals surface area contributed by atoms with Crippen LogP contribution in [0.5, 0.6) is 11.5 Å². The normalized spacial score (nSPS) is 10.5. The Hall–Kier alpha value is -5.98. The van der Waals surface area contributed by atoms with Gasteiger partial charge in [0.05, 0.1) is 0 Å². The van der Waals surface area contributed by atoms with Crippen molar-refractivity contribution < 1.29 is 19.1 Å². The van der Waals surface area contributed by atoms with Crippen molar-refractivity contribution in [2.24, 2.45) is 0 Å². The van der Waals surface area contributed by atoms with Crippen molar-refractivity contribution in [1.29, 1.82) is 0 Å². The molecule has 0 fully saturated rings. The lowest BCUT2D eigenvalue weighted by Crippen LogP contribution is -2.36. The van der Waals surface area contributed by atoms with E-state index in [4.69, 9.17) is 32.7 Å². The topological polar surface area (TPSA) is 136 Å². The number of amides is 2. The third kappa shape index (κ3) is 11.0. The molecule has 54 heavy (non-hydrogen) atoms. The zero-order chi connectivity index (χ0) is 38.5. The van der Waals surface area contributed by atoms with Gasteiger partial charge in [-0.05, 0) is 110 Å². The number of halogens is 2. The first-order valence-electron chi connectivity index (χ1n) is 17.0. The molecule has 0 aliphatic rings. The summed E-state index contributed by atoms with van der Waals surface area (Å²) in [6.07, 6.45) is 6.48. The highest BCUT2D eigenvalue weighted by Gasteiger charge is 2.23. The molecule has 6 rings (SSSR count). The second-order valence-electron chi connectivity index (χ2n) is 12.0. The van der Waals surface area contributed by atoms with Crippen molar-refractivity contribution in [2.45, 2.75) is 40.5 Å². The highest BCUT2D eigenvalue weighted by molar-refractivity contribution is 6.28. The zero-order valence-corrected chi connectivity index (χ0v) is 31.7. The lowest BCUT2D eigenvalue weighted by molar-refractivity contribution is 0.205. The molecule has 2 amide bonds. The van der Waals surface area contributed by atoms with E-state index < -0.39 is 12.2 Å². The first-order chi connectivity index (χ1) is 26.1. The van der Waals surface area contributed by atoms with Crippen LogP contribution in [-0.2, 0) is 12.8 Å². The summed E-state index contributed by atoms with van der Waals surface area (Å²) in [7, 11) is 0. The van der Waals surface area contributed by atoms with Gasteiger partial charge in [-0.15, -0.1) is 0 Å². The third-order valence-electron chi connectivity index (χ3n) is 8.05. The van der Waals surface area contributed by atoms with Gasteiger partial charge in [-0.3, -0.25) is 19.8 Å². The lowest BCUT2D eigenvalue weighted by Gasteiger charge is -2.22. The number of ether oxygens (including phenoxy) is 2. The Bertz CT molecular complexity index is 1980. The molecule has 6 aromatic rings. The molecule has 0 radical (unpaired) electrons. The van der Waals surface area contributed by atoms with Crippen molar-refractivity contribution in [1.82, 2.24) is 29.9 Å². The second kappa shape index (κ2) is 19.2. The highest BCUT2D eigenvalue weighted by atomic mass is 35.5. The maximum absolute atomic E-state index is 12.9. The number of aryl methyl sites for hydroxylation is 4. The van der Waals surface area contributed by atoms with Crippen molar-refractivity contribution in [3.8, 4) is 11.5 Å². The molecule has 0 saturated heterocycles. The molecular formula is C40H38Cl2N8O4. The smallest absolute Gasteiger partial charge is 0.409 e. The van der Waals surface area contributed by atoms with Crippen LogP contribution in [-0.4, -0.2) is 55.2 Å². The fraction of sp³-hybridized carbons (Fsp3) is 0.200. The van der Waals surface area contributed by atoms with Gasteiger partial charge in [0.15, 0.2) is 0 Å². The number of carbonyl (C=O) groups is 2. The largest absolute Gasteiger partial charge is 0.420 e. The Morgan fingerprint density at radius 2 is 0.907 bits per heavy atom. The molecule has 0 aliphatic carbocycles. The average Bonchev–Trinajstić information content (AvgIpc) is 3.16. The van der Waals surface area contributed by atoms with E-state index in [1.165, 1.54) is 22.2 Å². The minimum absolute atomic E-state index is 0.0650. The van der Waals surface area contributed by atoms with Crippen LogP contribution in [0.25, 0.3) is 0 Å². The first-order valence-corrected chi connectivity index (χ1v) is 17.7. The van der Waals surface area contributed by atoms with Crippen molar-refractivity contribution in [3.05, 3.63) is 154 Å². The van der Waals surface area contributed by atoms with Crippen LogP contribution < -0.4 is 19.3 Å². The summed E-state index contributed by atoms with van der Waals surface area (Å²) in [6.45, 7) is 8.28. The number of pyridine rings is 2. The fourth-order valence-electron chi connectivity index (χ4n) is 5.30. The number of hydrogen-bond donors (Lipinski definition) is 0. The van der Waals surface area contributed by atoms with E-state index in [-0.39, 0.29) is 10.6 Å². The molecule has 0 unspecified atom stereocenters. The standard InChI is InChI=1S/2C20H19ClN4O2/c2*1-14-6-5-7-15(2)18(14)27-20(26)25(17-9-12-23-19(21)24-17)13-10-16-8-3-4-11-22-16/h2*3-9,11-12H,10,13H2,1-2H3. The van der Waals surface area contributed by atoms with Gasteiger partial charge < -0.3 is 9.47 Å². The Morgan fingerprint density at radius 3 is 1.24 bits per heavy atom. The number of benzene rings is 2. The Kier molecular flexibility index (Phi) is 13.9. The summed E-state index contributed by atoms with van der Waals surface area (Å²) in [5.74, 6) is 1.85. The van der Waals surface area contributed by atoms with Gasteiger partial charge in [-0.1, -0.05) is 48.5 Å². The van der Waals surface area contributed by atoms with Gasteiger partial charge in [0, 0.05) is 62.1 Å². The summed E-state index contributed by atoms with van der Waals surface area (Å²) < 4.78 is 11.4.